The van der Waals surface area contributed by atoms with Crippen LogP contribution in [0.2, 0.25) is 0 Å². The monoisotopic (exact) mass is 283 g/mol. The Hall–Kier alpha value is -2.17. The van der Waals surface area contributed by atoms with Crippen LogP contribution in [-0.2, 0) is 6.42 Å². The molecule has 2 atom stereocenters. The summed E-state index contributed by atoms with van der Waals surface area (Å²) in [6, 6.07) is 15.1. The van der Waals surface area contributed by atoms with Crippen LogP contribution in [0.4, 0.5) is 0 Å². The third-order valence-corrected chi connectivity index (χ3v) is 3.99. The van der Waals surface area contributed by atoms with Gasteiger partial charge in [0.25, 0.3) is 5.91 Å². The van der Waals surface area contributed by atoms with Crippen molar-refractivity contribution < 1.29 is 15.1 Å². The highest BCUT2D eigenvalue weighted by molar-refractivity contribution is 5.96. The first-order valence-corrected chi connectivity index (χ1v) is 6.93. The van der Waals surface area contributed by atoms with Crippen LogP contribution in [0.1, 0.15) is 33.0 Å². The smallest absolute Gasteiger partial charge is 0.280 e. The summed E-state index contributed by atoms with van der Waals surface area (Å²) in [6.45, 7) is 2.02. The Kier molecular flexibility index (Phi) is 3.49. The number of rotatable bonds is 2. The van der Waals surface area contributed by atoms with E-state index in [-0.39, 0.29) is 5.92 Å². The summed E-state index contributed by atoms with van der Waals surface area (Å²) in [4.78, 5) is 12.0. The van der Waals surface area contributed by atoms with Crippen LogP contribution in [0, 0.1) is 6.92 Å². The first-order valence-electron chi connectivity index (χ1n) is 6.93. The highest BCUT2D eigenvalue weighted by atomic mass is 16.5. The zero-order valence-corrected chi connectivity index (χ0v) is 11.7. The molecule has 4 heteroatoms. The molecule has 1 heterocycles. The second-order valence-electron chi connectivity index (χ2n) is 5.45. The van der Waals surface area contributed by atoms with Crippen molar-refractivity contribution in [1.29, 1.82) is 0 Å². The number of benzene rings is 2. The zero-order chi connectivity index (χ0) is 15.0. The second-order valence-corrected chi connectivity index (χ2v) is 5.45. The van der Waals surface area contributed by atoms with Gasteiger partial charge in [-0.15, -0.1) is 0 Å². The lowest BCUT2D eigenvalue weighted by Gasteiger charge is -2.35. The number of carbonyl (C=O) groups excluding carboxylic acids is 1. The number of amides is 1. The first-order chi connectivity index (χ1) is 10.1. The van der Waals surface area contributed by atoms with Gasteiger partial charge in [0.2, 0.25) is 0 Å². The van der Waals surface area contributed by atoms with Crippen LogP contribution in [-0.4, -0.2) is 27.5 Å². The third-order valence-electron chi connectivity index (χ3n) is 3.99. The molecule has 1 amide bonds. The number of hydrogen-bond donors (Lipinski definition) is 2. The molecule has 2 N–H and O–H groups in total. The van der Waals surface area contributed by atoms with Crippen molar-refractivity contribution >= 4 is 5.91 Å². The summed E-state index contributed by atoms with van der Waals surface area (Å²) < 4.78 is 0. The first kappa shape index (κ1) is 13.8. The van der Waals surface area contributed by atoms with E-state index in [1.54, 1.807) is 12.1 Å². The van der Waals surface area contributed by atoms with E-state index in [4.69, 9.17) is 0 Å². The van der Waals surface area contributed by atoms with Crippen molar-refractivity contribution in [3.05, 3.63) is 70.8 Å². The standard InChI is InChI=1S/C17H17NO3/c1-11-6-8-12(9-7-11)10-15-13-4-2-3-5-14(13)16(19)18(21)17(15)20/h2-9,15,17,20-21H,10H2,1H3. The van der Waals surface area contributed by atoms with E-state index >= 15 is 0 Å². The minimum atomic E-state index is -1.23. The molecule has 0 aliphatic carbocycles. The van der Waals surface area contributed by atoms with E-state index in [1.807, 2.05) is 43.3 Å². The Bertz CT molecular complexity index is 666. The Morgan fingerprint density at radius 1 is 1.10 bits per heavy atom. The largest absolute Gasteiger partial charge is 0.371 e. The van der Waals surface area contributed by atoms with Gasteiger partial charge in [-0.1, -0.05) is 48.0 Å². The van der Waals surface area contributed by atoms with Gasteiger partial charge in [0.05, 0.1) is 0 Å². The maximum absolute atomic E-state index is 12.0. The summed E-state index contributed by atoms with van der Waals surface area (Å²) in [5.74, 6) is -0.898. The number of nitrogens with zero attached hydrogens (tertiary/aromatic N) is 1. The van der Waals surface area contributed by atoms with Crippen LogP contribution in [0.25, 0.3) is 0 Å². The number of hydrogen-bond acceptors (Lipinski definition) is 3. The summed E-state index contributed by atoms with van der Waals surface area (Å²) in [5.41, 5.74) is 3.45. The fraction of sp³-hybridized carbons (Fsp3) is 0.235. The summed E-state index contributed by atoms with van der Waals surface area (Å²) >= 11 is 0. The molecule has 2 aromatic rings. The van der Waals surface area contributed by atoms with Crippen LogP contribution >= 0.6 is 0 Å². The molecule has 0 bridgehead atoms. The molecule has 0 spiro atoms. The molecule has 108 valence electrons. The average Bonchev–Trinajstić information content (AvgIpc) is 2.51. The molecular formula is C17H17NO3. The van der Waals surface area contributed by atoms with Crippen molar-refractivity contribution in [2.45, 2.75) is 25.5 Å². The Labute approximate surface area is 123 Å². The maximum atomic E-state index is 12.0. The summed E-state index contributed by atoms with van der Waals surface area (Å²) in [5, 5.41) is 20.5. The van der Waals surface area contributed by atoms with Crippen LogP contribution in [0.5, 0.6) is 0 Å². The van der Waals surface area contributed by atoms with E-state index in [1.165, 1.54) is 5.56 Å². The average molecular weight is 283 g/mol. The third kappa shape index (κ3) is 2.44. The summed E-state index contributed by atoms with van der Waals surface area (Å²) in [7, 11) is 0. The topological polar surface area (TPSA) is 60.8 Å². The number of aliphatic hydroxyl groups excluding tert-OH is 1. The molecule has 0 aromatic heterocycles. The predicted octanol–water partition coefficient (Wildman–Crippen LogP) is 2.48. The lowest BCUT2D eigenvalue weighted by molar-refractivity contribution is -0.170. The van der Waals surface area contributed by atoms with Gasteiger partial charge in [-0.2, -0.15) is 5.06 Å². The fourth-order valence-corrected chi connectivity index (χ4v) is 2.78. The number of carbonyl (C=O) groups is 1. The van der Waals surface area contributed by atoms with Crippen LogP contribution < -0.4 is 0 Å². The minimum absolute atomic E-state index is 0.341. The van der Waals surface area contributed by atoms with Crippen molar-refractivity contribution in [3.63, 3.8) is 0 Å². The Morgan fingerprint density at radius 2 is 1.76 bits per heavy atom. The number of aliphatic hydroxyl groups is 1. The van der Waals surface area contributed by atoms with E-state index in [0.717, 1.165) is 11.1 Å². The van der Waals surface area contributed by atoms with E-state index < -0.39 is 12.1 Å². The minimum Gasteiger partial charge on any atom is -0.371 e. The molecule has 1 aliphatic heterocycles. The molecule has 2 unspecified atom stereocenters. The van der Waals surface area contributed by atoms with Crippen molar-refractivity contribution in [2.75, 3.05) is 0 Å². The zero-order valence-electron chi connectivity index (χ0n) is 11.7. The highest BCUT2D eigenvalue weighted by Crippen LogP contribution is 2.33. The lowest BCUT2D eigenvalue weighted by Crippen LogP contribution is -2.46. The predicted molar refractivity (Wildman–Crippen MR) is 78.0 cm³/mol. The van der Waals surface area contributed by atoms with Crippen molar-refractivity contribution in [1.82, 2.24) is 5.06 Å². The van der Waals surface area contributed by atoms with Gasteiger partial charge < -0.3 is 5.11 Å². The Morgan fingerprint density at radius 3 is 2.48 bits per heavy atom. The number of aryl methyl sites for hydroxylation is 1. The van der Waals surface area contributed by atoms with Gasteiger partial charge in [0.15, 0.2) is 6.23 Å². The van der Waals surface area contributed by atoms with Crippen LogP contribution in [0.3, 0.4) is 0 Å². The lowest BCUT2D eigenvalue weighted by atomic mass is 9.84. The molecule has 3 rings (SSSR count). The molecule has 0 fully saturated rings. The van der Waals surface area contributed by atoms with Crippen LogP contribution in [0.15, 0.2) is 48.5 Å². The van der Waals surface area contributed by atoms with Gasteiger partial charge in [-0.25, -0.2) is 0 Å². The molecule has 0 radical (unpaired) electrons. The molecule has 1 aliphatic rings. The SMILES string of the molecule is Cc1ccc(CC2c3ccccc3C(=O)N(O)C2O)cc1. The van der Waals surface area contributed by atoms with Gasteiger partial charge in [-0.05, 0) is 30.5 Å². The summed E-state index contributed by atoms with van der Waals surface area (Å²) in [6.07, 6.45) is -0.670. The van der Waals surface area contributed by atoms with Gasteiger partial charge in [0.1, 0.15) is 0 Å². The molecule has 2 aromatic carbocycles. The van der Waals surface area contributed by atoms with Gasteiger partial charge >= 0.3 is 0 Å². The van der Waals surface area contributed by atoms with Crippen molar-refractivity contribution in [3.8, 4) is 0 Å². The van der Waals surface area contributed by atoms with E-state index in [9.17, 15) is 15.1 Å². The second kappa shape index (κ2) is 5.31. The molecular weight excluding hydrogens is 266 g/mol. The quantitative estimate of drug-likeness (QED) is 0.832. The fourth-order valence-electron chi connectivity index (χ4n) is 2.78. The molecule has 0 saturated heterocycles. The number of fused-ring (bicyclic) bond motifs is 1. The molecule has 4 nitrogen and oxygen atoms in total. The highest BCUT2D eigenvalue weighted by Gasteiger charge is 2.38. The molecule has 0 saturated carbocycles. The normalized spacial score (nSPS) is 21.3. The van der Waals surface area contributed by atoms with Crippen molar-refractivity contribution in [2.24, 2.45) is 0 Å². The molecule has 21 heavy (non-hydrogen) atoms. The van der Waals surface area contributed by atoms with E-state index in [0.29, 0.717) is 17.0 Å². The number of hydroxylamine groups is 2. The maximum Gasteiger partial charge on any atom is 0.280 e. The Balaban J connectivity index is 1.98. The van der Waals surface area contributed by atoms with E-state index in [2.05, 4.69) is 0 Å². The van der Waals surface area contributed by atoms with Gasteiger partial charge in [0, 0.05) is 11.5 Å². The van der Waals surface area contributed by atoms with Gasteiger partial charge in [-0.3, -0.25) is 10.0 Å².